The van der Waals surface area contributed by atoms with E-state index in [-0.39, 0.29) is 22.7 Å². The van der Waals surface area contributed by atoms with Crippen LogP contribution in [0.15, 0.2) is 27.8 Å². The lowest BCUT2D eigenvalue weighted by molar-refractivity contribution is 0.103. The fourth-order valence-electron chi connectivity index (χ4n) is 2.06. The van der Waals surface area contributed by atoms with Crippen LogP contribution < -0.4 is 11.2 Å². The summed E-state index contributed by atoms with van der Waals surface area (Å²) in [4.78, 5) is 40.4. The van der Waals surface area contributed by atoms with E-state index in [1.165, 1.54) is 18.2 Å². The fourth-order valence-corrected chi connectivity index (χ4v) is 2.58. The number of hydrogen-bond donors (Lipinski definition) is 2. The van der Waals surface area contributed by atoms with Crippen molar-refractivity contribution in [2.75, 3.05) is 0 Å². The first-order valence-corrected chi connectivity index (χ1v) is 6.92. The van der Waals surface area contributed by atoms with Gasteiger partial charge in [-0.3, -0.25) is 14.6 Å². The van der Waals surface area contributed by atoms with Gasteiger partial charge in [-0.2, -0.15) is 0 Å². The van der Waals surface area contributed by atoms with Gasteiger partial charge in [0, 0.05) is 21.2 Å². The maximum absolute atomic E-state index is 12.5. The summed E-state index contributed by atoms with van der Waals surface area (Å²) in [5.74, 6) is -0.745. The number of carbonyl (C=O) groups excluding carboxylic acids is 1. The van der Waals surface area contributed by atoms with Gasteiger partial charge in [-0.15, -0.1) is 0 Å². The Balaban J connectivity index is 2.68. The third kappa shape index (κ3) is 3.25. The van der Waals surface area contributed by atoms with Gasteiger partial charge in [-0.1, -0.05) is 37.0 Å². The Morgan fingerprint density at radius 1 is 1.05 bits per heavy atom. The van der Waals surface area contributed by atoms with E-state index in [1.807, 2.05) is 0 Å². The van der Waals surface area contributed by atoms with Crippen LogP contribution in [0.2, 0.25) is 10.0 Å². The molecule has 7 heteroatoms. The minimum atomic E-state index is -0.735. The van der Waals surface area contributed by atoms with E-state index in [0.717, 1.165) is 0 Å². The number of rotatable bonds is 3. The van der Waals surface area contributed by atoms with Gasteiger partial charge in [-0.05, 0) is 24.1 Å². The summed E-state index contributed by atoms with van der Waals surface area (Å²) in [6.45, 7) is 3.51. The molecule has 2 aromatic rings. The molecule has 0 saturated heterocycles. The van der Waals surface area contributed by atoms with Crippen LogP contribution in [-0.2, 0) is 0 Å². The van der Waals surface area contributed by atoms with Crippen molar-refractivity contribution in [3.63, 3.8) is 0 Å². The Hall–Kier alpha value is -1.85. The molecule has 2 rings (SSSR count). The molecule has 2 N–H and O–H groups in total. The summed E-state index contributed by atoms with van der Waals surface area (Å²) in [5.41, 5.74) is -0.936. The number of benzene rings is 1. The Morgan fingerprint density at radius 2 is 1.62 bits per heavy atom. The molecule has 1 aromatic carbocycles. The number of aromatic nitrogens is 2. The normalized spacial score (nSPS) is 10.9. The largest absolute Gasteiger partial charge is 0.326 e. The molecular formula is C14H12Cl2N2O3. The van der Waals surface area contributed by atoms with Crippen LogP contribution >= 0.6 is 23.2 Å². The van der Waals surface area contributed by atoms with Crippen molar-refractivity contribution in [3.05, 3.63) is 65.9 Å². The lowest BCUT2D eigenvalue weighted by atomic mass is 9.97. The molecule has 0 unspecified atom stereocenters. The lowest BCUT2D eigenvalue weighted by Gasteiger charge is -2.10. The molecule has 5 nitrogen and oxygen atoms in total. The van der Waals surface area contributed by atoms with Crippen molar-refractivity contribution >= 4 is 29.0 Å². The van der Waals surface area contributed by atoms with Gasteiger partial charge in [-0.25, -0.2) is 4.79 Å². The van der Waals surface area contributed by atoms with Crippen LogP contribution in [0, 0.1) is 0 Å². The molecule has 0 amide bonds. The van der Waals surface area contributed by atoms with E-state index in [4.69, 9.17) is 23.2 Å². The number of ketones is 1. The van der Waals surface area contributed by atoms with E-state index in [0.29, 0.717) is 10.0 Å². The highest BCUT2D eigenvalue weighted by Gasteiger charge is 2.21. The molecule has 0 aliphatic heterocycles. The lowest BCUT2D eigenvalue weighted by Crippen LogP contribution is -2.30. The zero-order chi connectivity index (χ0) is 15.7. The minimum absolute atomic E-state index is 0.0444. The predicted molar refractivity (Wildman–Crippen MR) is 81.7 cm³/mol. The van der Waals surface area contributed by atoms with Gasteiger partial charge in [0.25, 0.3) is 5.56 Å². The molecule has 0 fully saturated rings. The molecule has 1 aromatic heterocycles. The molecule has 0 atom stereocenters. The average Bonchev–Trinajstić information content (AvgIpc) is 2.35. The van der Waals surface area contributed by atoms with E-state index in [9.17, 15) is 14.4 Å². The summed E-state index contributed by atoms with van der Waals surface area (Å²) in [7, 11) is 0. The molecule has 0 bridgehead atoms. The summed E-state index contributed by atoms with van der Waals surface area (Å²) in [6, 6.07) is 4.35. The summed E-state index contributed by atoms with van der Waals surface area (Å²) >= 11 is 11.7. The van der Waals surface area contributed by atoms with Gasteiger partial charge in [0.05, 0.1) is 5.69 Å². The van der Waals surface area contributed by atoms with E-state index in [1.54, 1.807) is 13.8 Å². The molecule has 0 saturated carbocycles. The predicted octanol–water partition coefficient (Wildman–Crippen LogP) is 2.72. The molecule has 0 spiro atoms. The highest BCUT2D eigenvalue weighted by molar-refractivity contribution is 6.35. The first kappa shape index (κ1) is 15.5. The second-order valence-electron chi connectivity index (χ2n) is 4.84. The second kappa shape index (κ2) is 5.87. The average molecular weight is 327 g/mol. The third-order valence-electron chi connectivity index (χ3n) is 2.91. The van der Waals surface area contributed by atoms with Crippen LogP contribution in [-0.4, -0.2) is 15.8 Å². The molecule has 0 aliphatic carbocycles. The number of nitrogens with one attached hydrogen (secondary N) is 2. The summed E-state index contributed by atoms with van der Waals surface area (Å²) in [6.07, 6.45) is 0. The van der Waals surface area contributed by atoms with Gasteiger partial charge in [0.15, 0.2) is 0 Å². The van der Waals surface area contributed by atoms with E-state index in [2.05, 4.69) is 9.97 Å². The number of carbonyl (C=O) groups is 1. The van der Waals surface area contributed by atoms with Gasteiger partial charge < -0.3 is 4.98 Å². The molecule has 110 valence electrons. The Kier molecular flexibility index (Phi) is 4.34. The van der Waals surface area contributed by atoms with Crippen molar-refractivity contribution in [1.82, 2.24) is 9.97 Å². The number of hydrogen-bond acceptors (Lipinski definition) is 3. The molecule has 0 radical (unpaired) electrons. The maximum Gasteiger partial charge on any atom is 0.326 e. The number of H-pyrrole nitrogens is 2. The van der Waals surface area contributed by atoms with Crippen LogP contribution in [0.4, 0.5) is 0 Å². The van der Waals surface area contributed by atoms with Crippen LogP contribution in [0.1, 0.15) is 41.4 Å². The van der Waals surface area contributed by atoms with Crippen LogP contribution in [0.3, 0.4) is 0 Å². The van der Waals surface area contributed by atoms with E-state index < -0.39 is 17.0 Å². The number of aromatic amines is 2. The van der Waals surface area contributed by atoms with Gasteiger partial charge in [0.2, 0.25) is 5.78 Å². The Morgan fingerprint density at radius 3 is 2.14 bits per heavy atom. The first-order valence-electron chi connectivity index (χ1n) is 6.17. The monoisotopic (exact) mass is 326 g/mol. The second-order valence-corrected chi connectivity index (χ2v) is 5.71. The zero-order valence-electron chi connectivity index (χ0n) is 11.3. The van der Waals surface area contributed by atoms with Gasteiger partial charge in [0.1, 0.15) is 0 Å². The highest BCUT2D eigenvalue weighted by atomic mass is 35.5. The standard InChI is InChI=1S/C14H12Cl2N2O3/c1-6(2)10-11(17-14(21)18-13(10)20)12(19)7-3-8(15)5-9(16)4-7/h3-6H,1-2H3,(H2,17,18,20,21). The zero-order valence-corrected chi connectivity index (χ0v) is 12.8. The molecule has 1 heterocycles. The van der Waals surface area contributed by atoms with Crippen LogP contribution in [0.25, 0.3) is 0 Å². The third-order valence-corrected chi connectivity index (χ3v) is 3.35. The van der Waals surface area contributed by atoms with Crippen molar-refractivity contribution in [1.29, 1.82) is 0 Å². The topological polar surface area (TPSA) is 82.8 Å². The summed E-state index contributed by atoms with van der Waals surface area (Å²) in [5, 5.41) is 0.591. The molecule has 0 aliphatic rings. The van der Waals surface area contributed by atoms with Crippen molar-refractivity contribution in [3.8, 4) is 0 Å². The Bertz CT molecular complexity index is 801. The van der Waals surface area contributed by atoms with Crippen LogP contribution in [0.5, 0.6) is 0 Å². The quantitative estimate of drug-likeness (QED) is 0.850. The van der Waals surface area contributed by atoms with Crippen molar-refractivity contribution < 1.29 is 4.79 Å². The summed E-state index contributed by atoms with van der Waals surface area (Å²) < 4.78 is 0. The SMILES string of the molecule is CC(C)c1c(C(=O)c2cc(Cl)cc(Cl)c2)[nH]c(=O)[nH]c1=O. The fraction of sp³-hybridized carbons (Fsp3) is 0.214. The smallest absolute Gasteiger partial charge is 0.304 e. The van der Waals surface area contributed by atoms with Crippen molar-refractivity contribution in [2.45, 2.75) is 19.8 Å². The molecular weight excluding hydrogens is 315 g/mol. The number of halogens is 2. The van der Waals surface area contributed by atoms with E-state index >= 15 is 0 Å². The Labute approximate surface area is 129 Å². The first-order chi connectivity index (χ1) is 9.79. The maximum atomic E-state index is 12.5. The minimum Gasteiger partial charge on any atom is -0.304 e. The highest BCUT2D eigenvalue weighted by Crippen LogP contribution is 2.22. The van der Waals surface area contributed by atoms with Crippen molar-refractivity contribution in [2.24, 2.45) is 0 Å². The molecule has 21 heavy (non-hydrogen) atoms. The van der Waals surface area contributed by atoms with Gasteiger partial charge >= 0.3 is 5.69 Å².